The number of hydrogen-bond acceptors (Lipinski definition) is 4. The van der Waals surface area contributed by atoms with Crippen LogP contribution in [0.3, 0.4) is 0 Å². The lowest BCUT2D eigenvalue weighted by Crippen LogP contribution is -2.46. The second-order valence-electron chi connectivity index (χ2n) is 11.5. The number of carbonyl (C=O) groups is 3. The van der Waals surface area contributed by atoms with Crippen LogP contribution >= 0.6 is 11.6 Å². The molecule has 0 aromatic heterocycles. The zero-order valence-electron chi connectivity index (χ0n) is 22.4. The van der Waals surface area contributed by atoms with E-state index >= 15 is 0 Å². The fraction of sp³-hybridized carbons (Fsp3) is 0.500. The standard InChI is InChI=1S/C30H35ClFN3O4/c1-30(13-14-30)28(37)34-15-11-21(12-16-34)27(36)35-18-22(26(19-35)20-3-5-23(31)6-4-20)17-33(2)29(38)39-25-9-7-24(32)8-10-25/h3-10,21-22,26H,11-19H2,1-2H3/t22-,26+/m0/s1. The molecule has 0 bridgehead atoms. The third-order valence-electron chi connectivity index (χ3n) is 8.54. The first kappa shape index (κ1) is 27.4. The van der Waals surface area contributed by atoms with Gasteiger partial charge in [0, 0.05) is 68.0 Å². The second-order valence-corrected chi connectivity index (χ2v) is 11.9. The van der Waals surface area contributed by atoms with Crippen LogP contribution in [0.4, 0.5) is 9.18 Å². The predicted molar refractivity (Wildman–Crippen MR) is 146 cm³/mol. The van der Waals surface area contributed by atoms with Crippen molar-refractivity contribution in [2.24, 2.45) is 17.3 Å². The number of halogens is 2. The van der Waals surface area contributed by atoms with Crippen LogP contribution < -0.4 is 4.74 Å². The van der Waals surface area contributed by atoms with Crippen molar-refractivity contribution in [1.29, 1.82) is 0 Å². The molecule has 208 valence electrons. The van der Waals surface area contributed by atoms with E-state index in [9.17, 15) is 18.8 Å². The normalized spacial score (nSPS) is 22.5. The first-order valence-electron chi connectivity index (χ1n) is 13.6. The van der Waals surface area contributed by atoms with Crippen molar-refractivity contribution in [3.63, 3.8) is 0 Å². The minimum absolute atomic E-state index is 0.00243. The molecule has 1 aliphatic carbocycles. The Kier molecular flexibility index (Phi) is 7.85. The molecule has 0 radical (unpaired) electrons. The number of likely N-dealkylation sites (tertiary alicyclic amines) is 2. The molecule has 7 nitrogen and oxygen atoms in total. The number of amides is 3. The second kappa shape index (κ2) is 11.2. The van der Waals surface area contributed by atoms with Gasteiger partial charge in [-0.2, -0.15) is 0 Å². The first-order chi connectivity index (χ1) is 18.6. The van der Waals surface area contributed by atoms with Crippen molar-refractivity contribution >= 4 is 29.5 Å². The summed E-state index contributed by atoms with van der Waals surface area (Å²) in [6.45, 7) is 4.75. The summed E-state index contributed by atoms with van der Waals surface area (Å²) in [7, 11) is 1.67. The van der Waals surface area contributed by atoms with E-state index in [4.69, 9.17) is 16.3 Å². The average molecular weight is 556 g/mol. The molecule has 3 aliphatic rings. The molecular weight excluding hydrogens is 521 g/mol. The summed E-state index contributed by atoms with van der Waals surface area (Å²) in [6.07, 6.45) is 2.73. The number of carbonyl (C=O) groups excluding carboxylic acids is 3. The number of piperidine rings is 1. The molecule has 2 saturated heterocycles. The Bertz CT molecular complexity index is 1210. The molecule has 2 aromatic carbocycles. The van der Waals surface area contributed by atoms with Gasteiger partial charge in [0.05, 0.1) is 0 Å². The molecule has 2 atom stereocenters. The van der Waals surface area contributed by atoms with Crippen molar-refractivity contribution in [2.45, 2.75) is 38.5 Å². The van der Waals surface area contributed by atoms with Crippen LogP contribution in [0.25, 0.3) is 0 Å². The highest BCUT2D eigenvalue weighted by atomic mass is 35.5. The minimum atomic E-state index is -0.539. The van der Waals surface area contributed by atoms with Gasteiger partial charge in [-0.15, -0.1) is 0 Å². The lowest BCUT2D eigenvalue weighted by molar-refractivity contribution is -0.142. The Labute approximate surface area is 233 Å². The Morgan fingerprint density at radius 2 is 1.64 bits per heavy atom. The molecule has 2 heterocycles. The molecule has 1 saturated carbocycles. The molecular formula is C30H35ClFN3O4. The summed E-state index contributed by atoms with van der Waals surface area (Å²) >= 11 is 6.13. The van der Waals surface area contributed by atoms with Gasteiger partial charge in [-0.25, -0.2) is 9.18 Å². The van der Waals surface area contributed by atoms with Gasteiger partial charge >= 0.3 is 6.09 Å². The van der Waals surface area contributed by atoms with Gasteiger partial charge in [0.2, 0.25) is 11.8 Å². The van der Waals surface area contributed by atoms with Crippen molar-refractivity contribution in [1.82, 2.24) is 14.7 Å². The Morgan fingerprint density at radius 3 is 2.26 bits per heavy atom. The van der Waals surface area contributed by atoms with E-state index < -0.39 is 11.9 Å². The van der Waals surface area contributed by atoms with E-state index in [1.807, 2.05) is 41.0 Å². The maximum Gasteiger partial charge on any atom is 0.414 e. The number of nitrogens with zero attached hydrogens (tertiary/aromatic N) is 3. The van der Waals surface area contributed by atoms with Crippen molar-refractivity contribution < 1.29 is 23.5 Å². The van der Waals surface area contributed by atoms with Crippen LogP contribution in [0, 0.1) is 23.1 Å². The van der Waals surface area contributed by atoms with E-state index in [2.05, 4.69) is 0 Å². The van der Waals surface area contributed by atoms with Crippen molar-refractivity contribution in [3.05, 3.63) is 64.9 Å². The number of hydrogen-bond donors (Lipinski definition) is 0. The monoisotopic (exact) mass is 555 g/mol. The molecule has 0 N–H and O–H groups in total. The first-order valence-corrected chi connectivity index (χ1v) is 14.0. The van der Waals surface area contributed by atoms with Crippen LogP contribution in [0.15, 0.2) is 48.5 Å². The third kappa shape index (κ3) is 6.21. The molecule has 9 heteroatoms. The molecule has 0 unspecified atom stereocenters. The molecule has 3 fully saturated rings. The molecule has 2 aromatic rings. The summed E-state index contributed by atoms with van der Waals surface area (Å²) < 4.78 is 18.6. The topological polar surface area (TPSA) is 70.2 Å². The van der Waals surface area contributed by atoms with Crippen LogP contribution in [0.1, 0.15) is 44.1 Å². The van der Waals surface area contributed by atoms with E-state index in [1.54, 1.807) is 7.05 Å². The lowest BCUT2D eigenvalue weighted by Gasteiger charge is -2.34. The van der Waals surface area contributed by atoms with Crippen LogP contribution in [0.2, 0.25) is 5.02 Å². The van der Waals surface area contributed by atoms with Gasteiger partial charge in [0.1, 0.15) is 11.6 Å². The van der Waals surface area contributed by atoms with Crippen molar-refractivity contribution in [2.75, 3.05) is 39.8 Å². The largest absolute Gasteiger partial charge is 0.414 e. The summed E-state index contributed by atoms with van der Waals surface area (Å²) in [5.41, 5.74) is 0.882. The van der Waals surface area contributed by atoms with Crippen LogP contribution in [-0.2, 0) is 9.59 Å². The molecule has 2 aliphatic heterocycles. The maximum absolute atomic E-state index is 13.6. The highest BCUT2D eigenvalue weighted by molar-refractivity contribution is 6.30. The van der Waals surface area contributed by atoms with Crippen LogP contribution in [0.5, 0.6) is 5.75 Å². The molecule has 5 rings (SSSR count). The molecule has 3 amide bonds. The maximum atomic E-state index is 13.6. The minimum Gasteiger partial charge on any atom is -0.410 e. The van der Waals surface area contributed by atoms with Crippen LogP contribution in [-0.4, -0.2) is 72.4 Å². The van der Waals surface area contributed by atoms with E-state index in [-0.39, 0.29) is 40.7 Å². The number of rotatable bonds is 6. The van der Waals surface area contributed by atoms with Gasteiger partial charge in [-0.05, 0) is 67.6 Å². The van der Waals surface area contributed by atoms with E-state index in [0.29, 0.717) is 50.6 Å². The summed E-state index contributed by atoms with van der Waals surface area (Å²) in [5.74, 6) is 0.143. The van der Waals surface area contributed by atoms with Gasteiger partial charge in [0.15, 0.2) is 0 Å². The van der Waals surface area contributed by atoms with E-state index in [0.717, 1.165) is 18.4 Å². The van der Waals surface area contributed by atoms with Gasteiger partial charge in [-0.3, -0.25) is 9.59 Å². The Hall–Kier alpha value is -3.13. The van der Waals surface area contributed by atoms with Gasteiger partial charge < -0.3 is 19.4 Å². The third-order valence-corrected chi connectivity index (χ3v) is 8.79. The fourth-order valence-corrected chi connectivity index (χ4v) is 5.93. The van der Waals surface area contributed by atoms with Gasteiger partial charge in [-0.1, -0.05) is 30.7 Å². The van der Waals surface area contributed by atoms with Crippen molar-refractivity contribution in [3.8, 4) is 5.75 Å². The summed E-state index contributed by atoms with van der Waals surface area (Å²) in [6, 6.07) is 13.0. The number of ether oxygens (including phenoxy) is 1. The fourth-order valence-electron chi connectivity index (χ4n) is 5.80. The highest BCUT2D eigenvalue weighted by Crippen LogP contribution is 2.47. The summed E-state index contributed by atoms with van der Waals surface area (Å²) in [5, 5.41) is 0.641. The Morgan fingerprint density at radius 1 is 1.00 bits per heavy atom. The summed E-state index contributed by atoms with van der Waals surface area (Å²) in [4.78, 5) is 44.5. The quantitative estimate of drug-likeness (QED) is 0.492. The highest BCUT2D eigenvalue weighted by Gasteiger charge is 2.48. The Balaban J connectivity index is 1.23. The smallest absolute Gasteiger partial charge is 0.410 e. The molecule has 0 spiro atoms. The van der Waals surface area contributed by atoms with E-state index in [1.165, 1.54) is 29.2 Å². The lowest BCUT2D eigenvalue weighted by atomic mass is 9.88. The predicted octanol–water partition coefficient (Wildman–Crippen LogP) is 5.19. The SMILES string of the molecule is CN(C[C@H]1CN(C(=O)C2CCN(C(=O)C3(C)CC3)CC2)C[C@@H]1c1ccc(Cl)cc1)C(=O)Oc1ccc(F)cc1. The zero-order valence-corrected chi connectivity index (χ0v) is 23.2. The van der Waals surface area contributed by atoms with Gasteiger partial charge in [0.25, 0.3) is 0 Å². The average Bonchev–Trinajstić information content (AvgIpc) is 3.56. The number of benzene rings is 2. The zero-order chi connectivity index (χ0) is 27.7. The molecule has 39 heavy (non-hydrogen) atoms.